The normalized spacial score (nSPS) is 19.6. The Bertz CT molecular complexity index is 791. The van der Waals surface area contributed by atoms with Crippen molar-refractivity contribution in [3.63, 3.8) is 0 Å². The molecule has 0 unspecified atom stereocenters. The van der Waals surface area contributed by atoms with Crippen LogP contribution in [-0.2, 0) is 41.4 Å². The Morgan fingerprint density at radius 1 is 0.633 bits per heavy atom. The van der Waals surface area contributed by atoms with E-state index in [9.17, 15) is 9.59 Å². The number of cyclic esters (lactones) is 2. The molecule has 0 N–H and O–H groups in total. The van der Waals surface area contributed by atoms with Gasteiger partial charge in [-0.25, -0.2) is 9.59 Å². The topological polar surface area (TPSA) is 71.1 Å². The van der Waals surface area contributed by atoms with Crippen LogP contribution in [0.5, 0.6) is 0 Å². The first kappa shape index (κ1) is 21.9. The molecule has 2 aliphatic rings. The van der Waals surface area contributed by atoms with Gasteiger partial charge in [0.1, 0.15) is 11.5 Å². The van der Waals surface area contributed by atoms with Crippen molar-refractivity contribution in [3.8, 4) is 0 Å². The van der Waals surface area contributed by atoms with Crippen molar-refractivity contribution in [1.29, 1.82) is 0 Å². The highest BCUT2D eigenvalue weighted by Crippen LogP contribution is 2.27. The highest BCUT2D eigenvalue weighted by Gasteiger charge is 2.30. The molecule has 1 aromatic carbocycles. The summed E-state index contributed by atoms with van der Waals surface area (Å²) in [6.45, 7) is 6.94. The highest BCUT2D eigenvalue weighted by atomic mass is 16.7. The van der Waals surface area contributed by atoms with E-state index in [0.717, 1.165) is 25.7 Å². The van der Waals surface area contributed by atoms with Crippen LogP contribution in [0.1, 0.15) is 64.5 Å². The van der Waals surface area contributed by atoms with Crippen LogP contribution in [0, 0.1) is 0 Å². The molecule has 0 bridgehead atoms. The molecule has 6 nitrogen and oxygen atoms in total. The van der Waals surface area contributed by atoms with Crippen LogP contribution in [0.15, 0.2) is 47.9 Å². The van der Waals surface area contributed by atoms with Gasteiger partial charge in [0.2, 0.25) is 11.6 Å². The first-order valence-electron chi connectivity index (χ1n) is 10.4. The van der Waals surface area contributed by atoms with Crippen LogP contribution < -0.4 is 0 Å². The Balaban J connectivity index is 1.51. The number of hydrogen-bond donors (Lipinski definition) is 0. The molecular weight excluding hydrogens is 384 g/mol. The number of aryl methyl sites for hydroxylation is 2. The summed E-state index contributed by atoms with van der Waals surface area (Å²) >= 11 is 0. The summed E-state index contributed by atoms with van der Waals surface area (Å²) < 4.78 is 21.7. The quantitative estimate of drug-likeness (QED) is 0.573. The highest BCUT2D eigenvalue weighted by molar-refractivity contribution is 5.83. The van der Waals surface area contributed by atoms with Gasteiger partial charge in [0.15, 0.2) is 0 Å². The second-order valence-electron chi connectivity index (χ2n) is 8.54. The molecule has 0 aromatic heterocycles. The van der Waals surface area contributed by atoms with Crippen LogP contribution >= 0.6 is 0 Å². The average molecular weight is 414 g/mol. The van der Waals surface area contributed by atoms with Crippen molar-refractivity contribution in [2.24, 2.45) is 0 Å². The molecule has 0 saturated heterocycles. The molecule has 162 valence electrons. The van der Waals surface area contributed by atoms with Crippen LogP contribution in [-0.4, -0.2) is 23.5 Å². The number of rotatable bonds is 8. The summed E-state index contributed by atoms with van der Waals surface area (Å²) in [6.07, 6.45) is 7.77. The number of allylic oxidation sites excluding steroid dienone is 2. The van der Waals surface area contributed by atoms with Gasteiger partial charge in [-0.05, 0) is 36.8 Å². The molecule has 0 fully saturated rings. The SMILES string of the molecule is CC1(C)OC(=O)C=C(CCCc2ccccc2CCCC2=CC(=O)OC(C)(C)O2)O1. The van der Waals surface area contributed by atoms with E-state index >= 15 is 0 Å². The first-order chi connectivity index (χ1) is 14.1. The van der Waals surface area contributed by atoms with Gasteiger partial charge in [-0.3, -0.25) is 0 Å². The van der Waals surface area contributed by atoms with Gasteiger partial charge >= 0.3 is 11.9 Å². The summed E-state index contributed by atoms with van der Waals surface area (Å²) in [4.78, 5) is 23.3. The number of carbonyl (C=O) groups is 2. The van der Waals surface area contributed by atoms with Crippen LogP contribution in [0.2, 0.25) is 0 Å². The lowest BCUT2D eigenvalue weighted by Gasteiger charge is -2.30. The average Bonchev–Trinajstić information content (AvgIpc) is 2.59. The lowest BCUT2D eigenvalue weighted by molar-refractivity contribution is -0.207. The summed E-state index contributed by atoms with van der Waals surface area (Å²) in [7, 11) is 0. The predicted octanol–water partition coefficient (Wildman–Crippen LogP) is 4.72. The number of benzene rings is 1. The molecule has 2 heterocycles. The molecule has 0 spiro atoms. The van der Waals surface area contributed by atoms with Crippen molar-refractivity contribution in [3.05, 3.63) is 59.1 Å². The molecular formula is C24H30O6. The predicted molar refractivity (Wildman–Crippen MR) is 111 cm³/mol. The fraction of sp³-hybridized carbons (Fsp3) is 0.500. The zero-order chi connectivity index (χ0) is 21.8. The third kappa shape index (κ3) is 6.37. The standard InChI is InChI=1S/C24H30O6/c1-23(2)27-19(15-21(25)29-23)13-7-11-17-9-5-6-10-18(17)12-8-14-20-16-22(26)30-24(3,4)28-20/h5-6,9-10,15-16H,7-8,11-14H2,1-4H3. The van der Waals surface area contributed by atoms with E-state index in [1.807, 2.05) is 12.1 Å². The van der Waals surface area contributed by atoms with E-state index in [1.165, 1.54) is 23.3 Å². The number of ether oxygens (including phenoxy) is 4. The Labute approximate surface area is 177 Å². The maximum Gasteiger partial charge on any atom is 0.337 e. The molecule has 6 heteroatoms. The lowest BCUT2D eigenvalue weighted by Crippen LogP contribution is -2.34. The minimum atomic E-state index is -0.907. The molecule has 0 radical (unpaired) electrons. The first-order valence-corrected chi connectivity index (χ1v) is 10.4. The lowest BCUT2D eigenvalue weighted by atomic mass is 9.97. The smallest absolute Gasteiger partial charge is 0.337 e. The van der Waals surface area contributed by atoms with Gasteiger partial charge in [0, 0.05) is 40.5 Å². The van der Waals surface area contributed by atoms with Crippen LogP contribution in [0.25, 0.3) is 0 Å². The minimum Gasteiger partial charge on any atom is -0.457 e. The largest absolute Gasteiger partial charge is 0.457 e. The van der Waals surface area contributed by atoms with Gasteiger partial charge in [0.05, 0.1) is 12.2 Å². The van der Waals surface area contributed by atoms with Gasteiger partial charge in [-0.1, -0.05) is 24.3 Å². The monoisotopic (exact) mass is 414 g/mol. The summed E-state index contributed by atoms with van der Waals surface area (Å²) in [6, 6.07) is 8.36. The Hall–Kier alpha value is -2.76. The van der Waals surface area contributed by atoms with E-state index in [-0.39, 0.29) is 11.9 Å². The molecule has 2 aliphatic heterocycles. The Kier molecular flexibility index (Phi) is 6.54. The molecule has 3 rings (SSSR count). The van der Waals surface area contributed by atoms with E-state index in [1.54, 1.807) is 27.7 Å². The Morgan fingerprint density at radius 2 is 1.03 bits per heavy atom. The zero-order valence-electron chi connectivity index (χ0n) is 18.2. The van der Waals surface area contributed by atoms with Crippen molar-refractivity contribution < 1.29 is 28.5 Å². The summed E-state index contributed by atoms with van der Waals surface area (Å²) in [5.74, 6) is -1.18. The van der Waals surface area contributed by atoms with Gasteiger partial charge in [-0.15, -0.1) is 0 Å². The summed E-state index contributed by atoms with van der Waals surface area (Å²) in [5, 5.41) is 0. The van der Waals surface area contributed by atoms with Crippen LogP contribution in [0.4, 0.5) is 0 Å². The van der Waals surface area contributed by atoms with E-state index in [2.05, 4.69) is 12.1 Å². The fourth-order valence-corrected chi connectivity index (χ4v) is 3.74. The van der Waals surface area contributed by atoms with Crippen LogP contribution in [0.3, 0.4) is 0 Å². The number of carbonyl (C=O) groups excluding carboxylic acids is 2. The van der Waals surface area contributed by atoms with Gasteiger partial charge < -0.3 is 18.9 Å². The van der Waals surface area contributed by atoms with E-state index < -0.39 is 11.6 Å². The third-order valence-corrected chi connectivity index (χ3v) is 4.86. The number of hydrogen-bond acceptors (Lipinski definition) is 6. The van der Waals surface area contributed by atoms with Crippen molar-refractivity contribution in [1.82, 2.24) is 0 Å². The minimum absolute atomic E-state index is 0.354. The fourth-order valence-electron chi connectivity index (χ4n) is 3.74. The maximum atomic E-state index is 11.7. The van der Waals surface area contributed by atoms with Gasteiger partial charge in [0.25, 0.3) is 0 Å². The summed E-state index contributed by atoms with van der Waals surface area (Å²) in [5.41, 5.74) is 2.57. The molecule has 0 atom stereocenters. The van der Waals surface area contributed by atoms with Crippen molar-refractivity contribution in [2.75, 3.05) is 0 Å². The van der Waals surface area contributed by atoms with E-state index in [0.29, 0.717) is 24.4 Å². The van der Waals surface area contributed by atoms with E-state index in [4.69, 9.17) is 18.9 Å². The molecule has 0 aliphatic carbocycles. The molecule has 0 amide bonds. The van der Waals surface area contributed by atoms with Crippen molar-refractivity contribution >= 4 is 11.9 Å². The second-order valence-corrected chi connectivity index (χ2v) is 8.54. The zero-order valence-corrected chi connectivity index (χ0v) is 18.2. The molecule has 0 saturated carbocycles. The van der Waals surface area contributed by atoms with Crippen molar-refractivity contribution in [2.45, 2.75) is 77.8 Å². The third-order valence-electron chi connectivity index (χ3n) is 4.86. The number of esters is 2. The maximum absolute atomic E-state index is 11.7. The molecule has 1 aromatic rings. The molecule has 30 heavy (non-hydrogen) atoms. The Morgan fingerprint density at radius 3 is 1.40 bits per heavy atom. The second kappa shape index (κ2) is 8.94. The van der Waals surface area contributed by atoms with Gasteiger partial charge in [-0.2, -0.15) is 0 Å².